The zero-order chi connectivity index (χ0) is 17.0. The maximum absolute atomic E-state index is 11.3. The number of sulfonamides is 1. The molecule has 0 saturated heterocycles. The molecule has 2 rings (SSSR count). The maximum Gasteiger partial charge on any atom is 0.295 e. The standard InChI is InChI=1S/C13H13N5O4S/c1-9(10-4-6-15-7-5-10)16-17-12-3-2-11(23(14,21)22)8-13(12)18(19)20/h2-8,17H,1H3,(H2,14,21,22). The van der Waals surface area contributed by atoms with Crippen LogP contribution < -0.4 is 10.6 Å². The Morgan fingerprint density at radius 3 is 2.52 bits per heavy atom. The highest BCUT2D eigenvalue weighted by atomic mass is 32.2. The van der Waals surface area contributed by atoms with E-state index < -0.39 is 20.6 Å². The summed E-state index contributed by atoms with van der Waals surface area (Å²) in [6, 6.07) is 6.76. The SMILES string of the molecule is CC(=NNc1ccc(S(N)(=O)=O)cc1[N+](=O)[O-])c1ccncc1. The van der Waals surface area contributed by atoms with Gasteiger partial charge in [0.05, 0.1) is 15.5 Å². The molecule has 0 atom stereocenters. The molecule has 0 amide bonds. The molecule has 0 saturated carbocycles. The van der Waals surface area contributed by atoms with Gasteiger partial charge in [0.15, 0.2) is 0 Å². The van der Waals surface area contributed by atoms with Crippen molar-refractivity contribution < 1.29 is 13.3 Å². The fourth-order valence-electron chi connectivity index (χ4n) is 1.74. The quantitative estimate of drug-likeness (QED) is 0.481. The molecular weight excluding hydrogens is 322 g/mol. The molecule has 0 aliphatic rings. The summed E-state index contributed by atoms with van der Waals surface area (Å²) in [6.45, 7) is 1.72. The van der Waals surface area contributed by atoms with Crippen molar-refractivity contribution in [3.05, 3.63) is 58.4 Å². The Bertz CT molecular complexity index is 865. The number of hydrogen-bond acceptors (Lipinski definition) is 7. The fourth-order valence-corrected chi connectivity index (χ4v) is 2.27. The smallest absolute Gasteiger partial charge is 0.271 e. The molecule has 23 heavy (non-hydrogen) atoms. The summed E-state index contributed by atoms with van der Waals surface area (Å²) in [5, 5.41) is 20.1. The number of nitro benzene ring substituents is 1. The number of hydrogen-bond donors (Lipinski definition) is 2. The van der Waals surface area contributed by atoms with Crippen LogP contribution in [0.3, 0.4) is 0 Å². The van der Waals surface area contributed by atoms with Gasteiger partial charge in [-0.15, -0.1) is 0 Å². The number of benzene rings is 1. The first-order valence-corrected chi connectivity index (χ1v) is 7.85. The minimum atomic E-state index is -4.02. The second-order valence-corrected chi connectivity index (χ2v) is 6.09. The van der Waals surface area contributed by atoms with E-state index in [1.807, 2.05) is 0 Å². The number of aromatic nitrogens is 1. The van der Waals surface area contributed by atoms with E-state index in [0.717, 1.165) is 11.6 Å². The summed E-state index contributed by atoms with van der Waals surface area (Å²) in [5.41, 5.74) is 3.54. The van der Waals surface area contributed by atoms with Crippen LogP contribution in [0.2, 0.25) is 0 Å². The van der Waals surface area contributed by atoms with Gasteiger partial charge in [0.2, 0.25) is 10.0 Å². The average molecular weight is 335 g/mol. The molecule has 0 bridgehead atoms. The van der Waals surface area contributed by atoms with Crippen molar-refractivity contribution in [2.75, 3.05) is 5.43 Å². The third-order valence-electron chi connectivity index (χ3n) is 2.94. The van der Waals surface area contributed by atoms with E-state index in [9.17, 15) is 18.5 Å². The van der Waals surface area contributed by atoms with Crippen LogP contribution >= 0.6 is 0 Å². The number of nitrogens with one attached hydrogen (secondary N) is 1. The van der Waals surface area contributed by atoms with Gasteiger partial charge in [0, 0.05) is 24.0 Å². The van der Waals surface area contributed by atoms with Gasteiger partial charge >= 0.3 is 0 Å². The van der Waals surface area contributed by atoms with Crippen LogP contribution in [-0.4, -0.2) is 24.0 Å². The molecule has 3 N–H and O–H groups in total. The lowest BCUT2D eigenvalue weighted by Crippen LogP contribution is -2.12. The molecule has 0 spiro atoms. The number of nitrogens with two attached hydrogens (primary N) is 1. The van der Waals surface area contributed by atoms with Crippen molar-refractivity contribution in [1.29, 1.82) is 0 Å². The van der Waals surface area contributed by atoms with Crippen LogP contribution in [0.4, 0.5) is 11.4 Å². The Kier molecular flexibility index (Phi) is 4.67. The number of rotatable bonds is 5. The van der Waals surface area contributed by atoms with E-state index in [1.165, 1.54) is 12.1 Å². The highest BCUT2D eigenvalue weighted by Gasteiger charge is 2.18. The first-order valence-electron chi connectivity index (χ1n) is 6.31. The molecule has 0 aliphatic carbocycles. The first-order chi connectivity index (χ1) is 10.8. The monoisotopic (exact) mass is 335 g/mol. The molecule has 1 aromatic carbocycles. The Labute approximate surface area is 132 Å². The number of pyridine rings is 1. The van der Waals surface area contributed by atoms with Crippen molar-refractivity contribution in [2.45, 2.75) is 11.8 Å². The molecule has 10 heteroatoms. The van der Waals surface area contributed by atoms with Crippen LogP contribution in [0, 0.1) is 10.1 Å². The minimum absolute atomic E-state index is 0.0517. The lowest BCUT2D eigenvalue weighted by Gasteiger charge is -2.06. The van der Waals surface area contributed by atoms with Crippen molar-refractivity contribution >= 4 is 27.1 Å². The van der Waals surface area contributed by atoms with Crippen LogP contribution in [0.25, 0.3) is 0 Å². The number of hydrazone groups is 1. The van der Waals surface area contributed by atoms with E-state index in [4.69, 9.17) is 5.14 Å². The number of nitrogens with zero attached hydrogens (tertiary/aromatic N) is 3. The van der Waals surface area contributed by atoms with E-state index in [2.05, 4.69) is 15.5 Å². The number of primary sulfonamides is 1. The van der Waals surface area contributed by atoms with Crippen molar-refractivity contribution in [2.24, 2.45) is 10.2 Å². The molecule has 1 aromatic heterocycles. The van der Waals surface area contributed by atoms with E-state index in [1.54, 1.807) is 31.5 Å². The second kappa shape index (κ2) is 6.50. The number of nitro groups is 1. The summed E-state index contributed by atoms with van der Waals surface area (Å²) in [7, 11) is -4.02. The molecule has 0 unspecified atom stereocenters. The third-order valence-corrected chi connectivity index (χ3v) is 3.85. The highest BCUT2D eigenvalue weighted by Crippen LogP contribution is 2.27. The van der Waals surface area contributed by atoms with Crippen molar-refractivity contribution in [1.82, 2.24) is 4.98 Å². The zero-order valence-corrected chi connectivity index (χ0v) is 12.8. The van der Waals surface area contributed by atoms with Gasteiger partial charge in [-0.25, -0.2) is 13.6 Å². The molecule has 120 valence electrons. The van der Waals surface area contributed by atoms with Crippen molar-refractivity contribution in [3.63, 3.8) is 0 Å². The summed E-state index contributed by atoms with van der Waals surface area (Å²) >= 11 is 0. The van der Waals surface area contributed by atoms with Crippen LogP contribution in [0.5, 0.6) is 0 Å². The Balaban J connectivity index is 2.35. The van der Waals surface area contributed by atoms with Crippen LogP contribution in [0.1, 0.15) is 12.5 Å². The zero-order valence-electron chi connectivity index (χ0n) is 12.0. The summed E-state index contributed by atoms with van der Waals surface area (Å²) in [5.74, 6) is 0. The molecule has 2 aromatic rings. The third kappa shape index (κ3) is 4.08. The predicted octanol–water partition coefficient (Wildman–Crippen LogP) is 1.47. The highest BCUT2D eigenvalue weighted by molar-refractivity contribution is 7.89. The van der Waals surface area contributed by atoms with Crippen LogP contribution in [0.15, 0.2) is 52.7 Å². The molecule has 0 radical (unpaired) electrons. The summed E-state index contributed by atoms with van der Waals surface area (Å²) < 4.78 is 22.5. The fraction of sp³-hybridized carbons (Fsp3) is 0.0769. The molecular formula is C13H13N5O4S. The van der Waals surface area contributed by atoms with Gasteiger partial charge in [-0.05, 0) is 31.2 Å². The molecule has 1 heterocycles. The summed E-state index contributed by atoms with van der Waals surface area (Å²) in [6.07, 6.45) is 3.19. The topological polar surface area (TPSA) is 141 Å². The van der Waals surface area contributed by atoms with Crippen LogP contribution in [-0.2, 0) is 10.0 Å². The molecule has 9 nitrogen and oxygen atoms in total. The summed E-state index contributed by atoms with van der Waals surface area (Å²) in [4.78, 5) is 13.9. The van der Waals surface area contributed by atoms with Gasteiger partial charge in [-0.1, -0.05) is 0 Å². The van der Waals surface area contributed by atoms with E-state index in [0.29, 0.717) is 5.71 Å². The van der Waals surface area contributed by atoms with Gasteiger partial charge in [-0.2, -0.15) is 5.10 Å². The average Bonchev–Trinajstić information content (AvgIpc) is 2.52. The Morgan fingerprint density at radius 2 is 1.96 bits per heavy atom. The van der Waals surface area contributed by atoms with E-state index in [-0.39, 0.29) is 10.6 Å². The van der Waals surface area contributed by atoms with Gasteiger partial charge in [0.1, 0.15) is 5.69 Å². The van der Waals surface area contributed by atoms with E-state index >= 15 is 0 Å². The van der Waals surface area contributed by atoms with Gasteiger partial charge < -0.3 is 0 Å². The molecule has 0 fully saturated rings. The normalized spacial score (nSPS) is 12.0. The van der Waals surface area contributed by atoms with Gasteiger partial charge in [0.25, 0.3) is 5.69 Å². The molecule has 0 aliphatic heterocycles. The lowest BCUT2D eigenvalue weighted by atomic mass is 10.2. The number of anilines is 1. The second-order valence-electron chi connectivity index (χ2n) is 4.53. The maximum atomic E-state index is 11.3. The Morgan fingerprint density at radius 1 is 1.30 bits per heavy atom. The minimum Gasteiger partial charge on any atom is -0.271 e. The van der Waals surface area contributed by atoms with Gasteiger partial charge in [-0.3, -0.25) is 20.5 Å². The predicted molar refractivity (Wildman–Crippen MR) is 84.5 cm³/mol. The lowest BCUT2D eigenvalue weighted by molar-refractivity contribution is -0.384. The first kappa shape index (κ1) is 16.5. The van der Waals surface area contributed by atoms with Crippen molar-refractivity contribution in [3.8, 4) is 0 Å². The Hall–Kier alpha value is -2.85. The largest absolute Gasteiger partial charge is 0.295 e.